The Labute approximate surface area is 113 Å². The van der Waals surface area contributed by atoms with Gasteiger partial charge in [0.25, 0.3) is 5.91 Å². The molecule has 100 valence electrons. The highest BCUT2D eigenvalue weighted by Gasteiger charge is 2.09. The third-order valence-corrected chi connectivity index (χ3v) is 3.12. The summed E-state index contributed by atoms with van der Waals surface area (Å²) in [6.45, 7) is 2.10. The van der Waals surface area contributed by atoms with Crippen LogP contribution in [-0.4, -0.2) is 23.3 Å². The number of nitrogens with one attached hydrogen (secondary N) is 2. The number of aryl methyl sites for hydroxylation is 1. The van der Waals surface area contributed by atoms with Gasteiger partial charge in [-0.3, -0.25) is 9.59 Å². The van der Waals surface area contributed by atoms with Gasteiger partial charge < -0.3 is 15.1 Å². The van der Waals surface area contributed by atoms with E-state index in [2.05, 4.69) is 15.6 Å². The van der Waals surface area contributed by atoms with Crippen LogP contribution in [0.15, 0.2) is 28.2 Å². The smallest absolute Gasteiger partial charge is 0.286 e. The highest BCUT2D eigenvalue weighted by Crippen LogP contribution is 2.14. The van der Waals surface area contributed by atoms with Crippen LogP contribution in [0.4, 0.5) is 5.13 Å². The summed E-state index contributed by atoms with van der Waals surface area (Å²) >= 11 is 1.37. The lowest BCUT2D eigenvalue weighted by molar-refractivity contribution is -0.116. The van der Waals surface area contributed by atoms with E-state index >= 15 is 0 Å². The summed E-state index contributed by atoms with van der Waals surface area (Å²) in [5, 5.41) is 7.69. The van der Waals surface area contributed by atoms with Crippen molar-refractivity contribution in [2.24, 2.45) is 0 Å². The van der Waals surface area contributed by atoms with Crippen molar-refractivity contribution in [2.75, 3.05) is 11.9 Å². The Morgan fingerprint density at radius 2 is 2.32 bits per heavy atom. The van der Waals surface area contributed by atoms with E-state index in [0.29, 0.717) is 5.13 Å². The van der Waals surface area contributed by atoms with Gasteiger partial charge in [0.15, 0.2) is 10.9 Å². The van der Waals surface area contributed by atoms with E-state index in [1.807, 2.05) is 12.3 Å². The van der Waals surface area contributed by atoms with Gasteiger partial charge in [-0.25, -0.2) is 4.98 Å². The monoisotopic (exact) mass is 279 g/mol. The van der Waals surface area contributed by atoms with Crippen molar-refractivity contribution in [3.8, 4) is 0 Å². The first-order valence-electron chi connectivity index (χ1n) is 5.69. The number of carbonyl (C=O) groups excluding carboxylic acids is 2. The van der Waals surface area contributed by atoms with E-state index in [9.17, 15) is 9.59 Å². The van der Waals surface area contributed by atoms with Crippen LogP contribution in [0.3, 0.4) is 0 Å². The fourth-order valence-corrected chi connectivity index (χ4v) is 2.08. The van der Waals surface area contributed by atoms with Gasteiger partial charge in [0.2, 0.25) is 5.91 Å². The SMILES string of the molecule is Cc1csc(NC(=O)CCNC(=O)c2ccco2)n1. The molecule has 0 bridgehead atoms. The molecule has 0 aromatic carbocycles. The van der Waals surface area contributed by atoms with Crippen LogP contribution in [0.5, 0.6) is 0 Å². The molecule has 0 aliphatic heterocycles. The third-order valence-electron chi connectivity index (χ3n) is 2.25. The van der Waals surface area contributed by atoms with E-state index < -0.39 is 0 Å². The Morgan fingerprint density at radius 3 is 2.95 bits per heavy atom. The minimum Gasteiger partial charge on any atom is -0.459 e. The van der Waals surface area contributed by atoms with Crippen LogP contribution >= 0.6 is 11.3 Å². The molecular formula is C12H13N3O3S. The lowest BCUT2D eigenvalue weighted by Gasteiger charge is -2.03. The van der Waals surface area contributed by atoms with Crippen molar-refractivity contribution in [1.29, 1.82) is 0 Å². The summed E-state index contributed by atoms with van der Waals surface area (Å²) in [6.07, 6.45) is 1.61. The van der Waals surface area contributed by atoms with E-state index in [4.69, 9.17) is 4.42 Å². The number of nitrogens with zero attached hydrogens (tertiary/aromatic N) is 1. The molecule has 0 unspecified atom stereocenters. The van der Waals surface area contributed by atoms with E-state index in [-0.39, 0.29) is 30.5 Å². The van der Waals surface area contributed by atoms with Gasteiger partial charge in [-0.2, -0.15) is 0 Å². The number of carbonyl (C=O) groups is 2. The number of hydrogen-bond acceptors (Lipinski definition) is 5. The topological polar surface area (TPSA) is 84.2 Å². The molecule has 0 atom stereocenters. The number of anilines is 1. The number of hydrogen-bond donors (Lipinski definition) is 2. The van der Waals surface area contributed by atoms with Gasteiger partial charge in [-0.05, 0) is 19.1 Å². The molecule has 2 amide bonds. The predicted molar refractivity (Wildman–Crippen MR) is 71.1 cm³/mol. The summed E-state index contributed by atoms with van der Waals surface area (Å²) < 4.78 is 4.93. The van der Waals surface area contributed by atoms with Crippen molar-refractivity contribution in [1.82, 2.24) is 10.3 Å². The Hall–Kier alpha value is -2.15. The first-order valence-corrected chi connectivity index (χ1v) is 6.57. The number of rotatable bonds is 5. The molecule has 0 saturated carbocycles. The molecule has 6 nitrogen and oxygen atoms in total. The van der Waals surface area contributed by atoms with E-state index in [1.165, 1.54) is 17.6 Å². The van der Waals surface area contributed by atoms with Crippen molar-refractivity contribution in [3.63, 3.8) is 0 Å². The second-order valence-corrected chi connectivity index (χ2v) is 4.68. The maximum Gasteiger partial charge on any atom is 0.286 e. The number of thiazole rings is 1. The zero-order valence-electron chi connectivity index (χ0n) is 10.3. The average Bonchev–Trinajstić information content (AvgIpc) is 3.00. The van der Waals surface area contributed by atoms with Gasteiger partial charge in [0.05, 0.1) is 12.0 Å². The Balaban J connectivity index is 1.71. The van der Waals surface area contributed by atoms with Crippen LogP contribution in [0, 0.1) is 6.92 Å². The number of amides is 2. The Kier molecular flexibility index (Phi) is 4.30. The molecule has 2 aromatic rings. The van der Waals surface area contributed by atoms with Crippen LogP contribution < -0.4 is 10.6 Å². The minimum atomic E-state index is -0.331. The molecule has 0 radical (unpaired) electrons. The third kappa shape index (κ3) is 3.92. The van der Waals surface area contributed by atoms with Crippen LogP contribution in [0.2, 0.25) is 0 Å². The highest BCUT2D eigenvalue weighted by molar-refractivity contribution is 7.13. The molecule has 2 N–H and O–H groups in total. The molecule has 2 heterocycles. The normalized spacial score (nSPS) is 10.2. The van der Waals surface area contributed by atoms with E-state index in [0.717, 1.165) is 5.69 Å². The predicted octanol–water partition coefficient (Wildman–Crippen LogP) is 1.80. The zero-order chi connectivity index (χ0) is 13.7. The molecule has 19 heavy (non-hydrogen) atoms. The highest BCUT2D eigenvalue weighted by atomic mass is 32.1. The molecular weight excluding hydrogens is 266 g/mol. The Morgan fingerprint density at radius 1 is 1.47 bits per heavy atom. The van der Waals surface area contributed by atoms with Crippen molar-refractivity contribution in [2.45, 2.75) is 13.3 Å². The van der Waals surface area contributed by atoms with Gasteiger partial charge in [0.1, 0.15) is 0 Å². The standard InChI is InChI=1S/C12H13N3O3S/c1-8-7-19-12(14-8)15-10(16)4-5-13-11(17)9-3-2-6-18-9/h2-3,6-7H,4-5H2,1H3,(H,13,17)(H,14,15,16). The quantitative estimate of drug-likeness (QED) is 0.874. The molecule has 0 spiro atoms. The largest absolute Gasteiger partial charge is 0.459 e. The molecule has 2 rings (SSSR count). The van der Waals surface area contributed by atoms with Crippen molar-refractivity contribution < 1.29 is 14.0 Å². The molecule has 0 aliphatic rings. The van der Waals surface area contributed by atoms with Crippen molar-refractivity contribution >= 4 is 28.3 Å². The molecule has 2 aromatic heterocycles. The lowest BCUT2D eigenvalue weighted by atomic mass is 10.3. The summed E-state index contributed by atoms with van der Waals surface area (Å²) in [5.74, 6) is -0.284. The second-order valence-electron chi connectivity index (χ2n) is 3.83. The van der Waals surface area contributed by atoms with Crippen LogP contribution in [0.1, 0.15) is 22.7 Å². The first kappa shape index (κ1) is 13.3. The summed E-state index contributed by atoms with van der Waals surface area (Å²) in [7, 11) is 0. The first-order chi connectivity index (χ1) is 9.15. The van der Waals surface area contributed by atoms with E-state index in [1.54, 1.807) is 12.1 Å². The van der Waals surface area contributed by atoms with Crippen LogP contribution in [-0.2, 0) is 4.79 Å². The molecule has 0 aliphatic carbocycles. The summed E-state index contributed by atoms with van der Waals surface area (Å²) in [5.41, 5.74) is 0.867. The fraction of sp³-hybridized carbons (Fsp3) is 0.250. The summed E-state index contributed by atoms with van der Waals surface area (Å²) in [4.78, 5) is 27.2. The number of aromatic nitrogens is 1. The molecule has 7 heteroatoms. The fourth-order valence-electron chi connectivity index (χ4n) is 1.38. The Bertz CT molecular complexity index is 563. The van der Waals surface area contributed by atoms with Gasteiger partial charge >= 0.3 is 0 Å². The zero-order valence-corrected chi connectivity index (χ0v) is 11.1. The molecule has 0 fully saturated rings. The maximum atomic E-state index is 11.6. The minimum absolute atomic E-state index is 0.186. The second kappa shape index (κ2) is 6.14. The number of furan rings is 1. The van der Waals surface area contributed by atoms with Gasteiger partial charge in [-0.15, -0.1) is 11.3 Å². The van der Waals surface area contributed by atoms with Gasteiger partial charge in [0, 0.05) is 18.3 Å². The lowest BCUT2D eigenvalue weighted by Crippen LogP contribution is -2.27. The summed E-state index contributed by atoms with van der Waals surface area (Å²) in [6, 6.07) is 3.19. The van der Waals surface area contributed by atoms with Crippen molar-refractivity contribution in [3.05, 3.63) is 35.2 Å². The van der Waals surface area contributed by atoms with Crippen LogP contribution in [0.25, 0.3) is 0 Å². The molecule has 0 saturated heterocycles. The van der Waals surface area contributed by atoms with Gasteiger partial charge in [-0.1, -0.05) is 0 Å². The average molecular weight is 279 g/mol. The maximum absolute atomic E-state index is 11.6.